The number of nitro groups is 1. The van der Waals surface area contributed by atoms with E-state index < -0.39 is 48.6 Å². The number of aliphatic hydroxyl groups is 4. The maximum absolute atomic E-state index is 11.2. The quantitative estimate of drug-likeness (QED) is 0.269. The molecule has 0 aromatic heterocycles. The second kappa shape index (κ2) is 6.40. The topological polar surface area (TPSA) is 141 Å². The number of nitrogens with zero attached hydrogens (tertiary/aromatic N) is 1. The van der Waals surface area contributed by atoms with Crippen LogP contribution < -0.4 is 0 Å². The van der Waals surface area contributed by atoms with Crippen LogP contribution >= 0.6 is 0 Å². The first kappa shape index (κ1) is 13.9. The smallest absolute Gasteiger partial charge is 0.216 e. The van der Waals surface area contributed by atoms with Crippen molar-refractivity contribution in [3.05, 3.63) is 10.1 Å². The molecule has 0 aromatic rings. The zero-order chi connectivity index (χ0) is 12.0. The van der Waals surface area contributed by atoms with Crippen LogP contribution in [0, 0.1) is 16.0 Å². The summed E-state index contributed by atoms with van der Waals surface area (Å²) in [7, 11) is 0. The van der Waals surface area contributed by atoms with Crippen LogP contribution in [0.2, 0.25) is 0 Å². The van der Waals surface area contributed by atoms with Crippen LogP contribution in [0.15, 0.2) is 0 Å². The number of carbonyl (C=O) groups is 1. The van der Waals surface area contributed by atoms with Crippen LogP contribution in [0.1, 0.15) is 0 Å². The Kier molecular flexibility index (Phi) is 5.94. The second-order valence-electron chi connectivity index (χ2n) is 2.97. The van der Waals surface area contributed by atoms with Crippen molar-refractivity contribution >= 4 is 5.78 Å². The Bertz CT molecular complexity index is 231. The molecule has 0 bridgehead atoms. The monoisotopic (exact) mass is 223 g/mol. The fraction of sp³-hybridized carbons (Fsp3) is 0.857. The summed E-state index contributed by atoms with van der Waals surface area (Å²) in [6, 6.07) is 0. The minimum Gasteiger partial charge on any atom is -0.394 e. The average molecular weight is 223 g/mol. The minimum atomic E-state index is -1.78. The molecule has 88 valence electrons. The van der Waals surface area contributed by atoms with E-state index in [2.05, 4.69) is 0 Å². The summed E-state index contributed by atoms with van der Waals surface area (Å²) in [4.78, 5) is 20.5. The molecule has 15 heavy (non-hydrogen) atoms. The standard InChI is InChI=1S/C7H13NO7/c9-2-5(11)4(1-8(14)15)7(13)6(12)3-10/h4-6,9-12H,1-3H2/t4-,5-,6+/m0/s1. The highest BCUT2D eigenvalue weighted by atomic mass is 16.6. The number of rotatable bonds is 7. The summed E-state index contributed by atoms with van der Waals surface area (Å²) in [5, 5.41) is 45.2. The van der Waals surface area contributed by atoms with E-state index in [9.17, 15) is 14.9 Å². The summed E-state index contributed by atoms with van der Waals surface area (Å²) in [5.74, 6) is -2.58. The maximum atomic E-state index is 11.2. The molecule has 0 aliphatic heterocycles. The first-order valence-electron chi connectivity index (χ1n) is 4.17. The van der Waals surface area contributed by atoms with Gasteiger partial charge < -0.3 is 20.4 Å². The molecule has 0 amide bonds. The van der Waals surface area contributed by atoms with Crippen LogP contribution in [-0.2, 0) is 4.79 Å². The molecule has 0 saturated carbocycles. The summed E-state index contributed by atoms with van der Waals surface area (Å²) in [5.41, 5.74) is 0. The molecule has 0 aliphatic carbocycles. The van der Waals surface area contributed by atoms with E-state index in [-0.39, 0.29) is 0 Å². The van der Waals surface area contributed by atoms with E-state index in [1.54, 1.807) is 0 Å². The summed E-state index contributed by atoms with van der Waals surface area (Å²) in [6.07, 6.45) is -3.40. The van der Waals surface area contributed by atoms with Gasteiger partial charge in [-0.2, -0.15) is 0 Å². The Morgan fingerprint density at radius 1 is 1.27 bits per heavy atom. The molecule has 8 nitrogen and oxygen atoms in total. The highest BCUT2D eigenvalue weighted by Crippen LogP contribution is 2.08. The molecule has 0 aliphatic rings. The average Bonchev–Trinajstić information content (AvgIpc) is 2.22. The van der Waals surface area contributed by atoms with Gasteiger partial charge in [0, 0.05) is 4.92 Å². The second-order valence-corrected chi connectivity index (χ2v) is 2.97. The minimum absolute atomic E-state index is 0.831. The first-order chi connectivity index (χ1) is 6.93. The van der Waals surface area contributed by atoms with E-state index in [0.29, 0.717) is 0 Å². The molecular formula is C7H13NO7. The number of aliphatic hydroxyl groups excluding tert-OH is 4. The lowest BCUT2D eigenvalue weighted by Crippen LogP contribution is -2.42. The number of carbonyl (C=O) groups excluding carboxylic acids is 1. The Hall–Kier alpha value is -1.09. The third-order valence-electron chi connectivity index (χ3n) is 1.86. The molecule has 0 heterocycles. The molecule has 0 fully saturated rings. The van der Waals surface area contributed by atoms with Crippen molar-refractivity contribution in [2.45, 2.75) is 12.2 Å². The van der Waals surface area contributed by atoms with Crippen LogP contribution in [0.5, 0.6) is 0 Å². The lowest BCUT2D eigenvalue weighted by Gasteiger charge is -2.18. The zero-order valence-corrected chi connectivity index (χ0v) is 7.81. The molecule has 0 rings (SSSR count). The predicted molar refractivity (Wildman–Crippen MR) is 46.5 cm³/mol. The largest absolute Gasteiger partial charge is 0.394 e. The van der Waals surface area contributed by atoms with Gasteiger partial charge in [0.15, 0.2) is 5.78 Å². The van der Waals surface area contributed by atoms with E-state index >= 15 is 0 Å². The summed E-state index contributed by atoms with van der Waals surface area (Å²) in [6.45, 7) is -2.62. The van der Waals surface area contributed by atoms with Gasteiger partial charge >= 0.3 is 0 Å². The molecule has 0 saturated heterocycles. The molecular weight excluding hydrogens is 210 g/mol. The van der Waals surface area contributed by atoms with Crippen molar-refractivity contribution < 1.29 is 30.1 Å². The lowest BCUT2D eigenvalue weighted by atomic mass is 9.94. The van der Waals surface area contributed by atoms with Gasteiger partial charge in [-0.25, -0.2) is 0 Å². The lowest BCUT2D eigenvalue weighted by molar-refractivity contribution is -0.488. The molecule has 8 heteroatoms. The van der Waals surface area contributed by atoms with Gasteiger partial charge in [0.25, 0.3) is 0 Å². The fourth-order valence-corrected chi connectivity index (χ4v) is 1.03. The van der Waals surface area contributed by atoms with Crippen molar-refractivity contribution in [1.29, 1.82) is 0 Å². The fourth-order valence-electron chi connectivity index (χ4n) is 1.03. The van der Waals surface area contributed by atoms with Gasteiger partial charge in [0.2, 0.25) is 6.54 Å². The van der Waals surface area contributed by atoms with E-state index in [1.165, 1.54) is 0 Å². The van der Waals surface area contributed by atoms with Gasteiger partial charge in [-0.15, -0.1) is 0 Å². The van der Waals surface area contributed by atoms with Gasteiger partial charge in [0.1, 0.15) is 12.0 Å². The van der Waals surface area contributed by atoms with Crippen LogP contribution in [0.4, 0.5) is 0 Å². The van der Waals surface area contributed by atoms with E-state index in [4.69, 9.17) is 20.4 Å². The Morgan fingerprint density at radius 2 is 1.80 bits per heavy atom. The maximum Gasteiger partial charge on any atom is 0.216 e. The molecule has 4 N–H and O–H groups in total. The molecule has 3 atom stereocenters. The molecule has 0 spiro atoms. The van der Waals surface area contributed by atoms with Crippen LogP contribution in [0.3, 0.4) is 0 Å². The highest BCUT2D eigenvalue weighted by molar-refractivity contribution is 5.85. The number of hydrogen-bond donors (Lipinski definition) is 4. The first-order valence-corrected chi connectivity index (χ1v) is 4.17. The third-order valence-corrected chi connectivity index (χ3v) is 1.86. The highest BCUT2D eigenvalue weighted by Gasteiger charge is 2.34. The molecule has 0 aromatic carbocycles. The van der Waals surface area contributed by atoms with E-state index in [1.807, 2.05) is 0 Å². The van der Waals surface area contributed by atoms with Gasteiger partial charge in [0.05, 0.1) is 19.3 Å². The normalized spacial score (nSPS) is 16.8. The SMILES string of the molecule is O=C([C@H](O)CO)[C@@H](C[N+](=O)[O-])[C@@H](O)CO. The third kappa shape index (κ3) is 4.30. The van der Waals surface area contributed by atoms with E-state index in [0.717, 1.165) is 0 Å². The van der Waals surface area contributed by atoms with Crippen molar-refractivity contribution in [3.63, 3.8) is 0 Å². The van der Waals surface area contributed by atoms with Crippen LogP contribution in [0.25, 0.3) is 0 Å². The Balaban J connectivity index is 4.61. The number of hydrogen-bond acceptors (Lipinski definition) is 7. The predicted octanol–water partition coefficient (Wildman–Crippen LogP) is -2.85. The van der Waals surface area contributed by atoms with Crippen molar-refractivity contribution in [1.82, 2.24) is 0 Å². The van der Waals surface area contributed by atoms with Crippen molar-refractivity contribution in [2.24, 2.45) is 5.92 Å². The van der Waals surface area contributed by atoms with Crippen LogP contribution in [-0.4, -0.2) is 63.1 Å². The van der Waals surface area contributed by atoms with Gasteiger partial charge in [-0.3, -0.25) is 14.9 Å². The molecule has 0 radical (unpaired) electrons. The number of ketones is 1. The molecule has 0 unspecified atom stereocenters. The summed E-state index contributed by atoms with van der Waals surface area (Å²) < 4.78 is 0. The number of Topliss-reactive ketones (excluding diaryl/α,β-unsaturated/α-hetero) is 1. The Morgan fingerprint density at radius 3 is 2.13 bits per heavy atom. The zero-order valence-electron chi connectivity index (χ0n) is 7.81. The Labute approximate surface area is 84.9 Å². The van der Waals surface area contributed by atoms with Gasteiger partial charge in [-0.05, 0) is 0 Å². The van der Waals surface area contributed by atoms with Crippen molar-refractivity contribution in [2.75, 3.05) is 19.8 Å². The summed E-state index contributed by atoms with van der Waals surface area (Å²) >= 11 is 0. The van der Waals surface area contributed by atoms with Gasteiger partial charge in [-0.1, -0.05) is 0 Å². The van der Waals surface area contributed by atoms with Crippen molar-refractivity contribution in [3.8, 4) is 0 Å².